The quantitative estimate of drug-likeness (QED) is 0.636. The largest absolute Gasteiger partial charge is 0.338 e. The van der Waals surface area contributed by atoms with Crippen LogP contribution in [0.25, 0.3) is 0 Å². The van der Waals surface area contributed by atoms with Crippen LogP contribution in [0.4, 0.5) is 0 Å². The molecule has 0 bridgehead atoms. The van der Waals surface area contributed by atoms with E-state index < -0.39 is 0 Å². The van der Waals surface area contributed by atoms with Gasteiger partial charge in [-0.2, -0.15) is 0 Å². The summed E-state index contributed by atoms with van der Waals surface area (Å²) in [6, 6.07) is 0.634. The van der Waals surface area contributed by atoms with E-state index in [1.54, 1.807) is 6.92 Å². The van der Waals surface area contributed by atoms with E-state index in [0.29, 0.717) is 12.1 Å². The molecule has 0 aliphatic carbocycles. The van der Waals surface area contributed by atoms with E-state index in [2.05, 4.69) is 0 Å². The predicted octanol–water partition coefficient (Wildman–Crippen LogP) is 2.07. The standard InChI is InChI=1S/C8H17NO.ClH/c1-6(2)9(7(3)4)8(5)10;/h6-7H,1-5H3;1H. The lowest BCUT2D eigenvalue weighted by molar-refractivity contribution is -0.132. The van der Waals surface area contributed by atoms with E-state index in [1.807, 2.05) is 32.6 Å². The van der Waals surface area contributed by atoms with Gasteiger partial charge in [-0.15, -0.1) is 12.4 Å². The minimum atomic E-state index is 0. The van der Waals surface area contributed by atoms with E-state index in [-0.39, 0.29) is 18.3 Å². The number of hydrogen-bond donors (Lipinski definition) is 0. The number of carbonyl (C=O) groups excluding carboxylic acids is 1. The highest BCUT2D eigenvalue weighted by Crippen LogP contribution is 2.04. The SMILES string of the molecule is CC(=O)N(C(C)C)C(C)C.Cl. The first kappa shape index (κ1) is 13.4. The number of hydrogen-bond acceptors (Lipinski definition) is 1. The van der Waals surface area contributed by atoms with Gasteiger partial charge in [0.15, 0.2) is 0 Å². The van der Waals surface area contributed by atoms with Crippen LogP contribution in [0.15, 0.2) is 0 Å². The summed E-state index contributed by atoms with van der Waals surface area (Å²) in [5.41, 5.74) is 0. The molecular formula is C8H18ClNO. The van der Waals surface area contributed by atoms with Gasteiger partial charge >= 0.3 is 0 Å². The zero-order chi connectivity index (χ0) is 8.31. The summed E-state index contributed by atoms with van der Waals surface area (Å²) in [5.74, 6) is 0.157. The normalized spacial score (nSPS) is 9.73. The number of halogens is 1. The molecule has 0 aliphatic rings. The van der Waals surface area contributed by atoms with Crippen molar-refractivity contribution in [1.29, 1.82) is 0 Å². The third-order valence-electron chi connectivity index (χ3n) is 1.48. The van der Waals surface area contributed by atoms with Crippen molar-refractivity contribution in [1.82, 2.24) is 4.90 Å². The van der Waals surface area contributed by atoms with Crippen molar-refractivity contribution in [3.05, 3.63) is 0 Å². The van der Waals surface area contributed by atoms with Crippen molar-refractivity contribution >= 4 is 18.3 Å². The molecule has 0 heterocycles. The molecule has 0 saturated heterocycles. The van der Waals surface area contributed by atoms with Crippen molar-refractivity contribution in [3.8, 4) is 0 Å². The highest BCUT2D eigenvalue weighted by Gasteiger charge is 2.14. The fourth-order valence-corrected chi connectivity index (χ4v) is 1.32. The van der Waals surface area contributed by atoms with Crippen LogP contribution in [0, 0.1) is 0 Å². The highest BCUT2D eigenvalue weighted by atomic mass is 35.5. The zero-order valence-electron chi connectivity index (χ0n) is 7.92. The van der Waals surface area contributed by atoms with Gasteiger partial charge in [-0.25, -0.2) is 0 Å². The average Bonchev–Trinajstić information content (AvgIpc) is 1.59. The van der Waals surface area contributed by atoms with E-state index >= 15 is 0 Å². The Labute approximate surface area is 75.4 Å². The molecule has 0 atom stereocenters. The van der Waals surface area contributed by atoms with Crippen LogP contribution in [-0.4, -0.2) is 22.9 Å². The van der Waals surface area contributed by atoms with Crippen LogP contribution < -0.4 is 0 Å². The second kappa shape index (κ2) is 5.42. The monoisotopic (exact) mass is 179 g/mol. The number of amides is 1. The molecule has 0 fully saturated rings. The summed E-state index contributed by atoms with van der Waals surface area (Å²) in [7, 11) is 0. The van der Waals surface area contributed by atoms with E-state index in [9.17, 15) is 4.79 Å². The van der Waals surface area contributed by atoms with Gasteiger partial charge in [0.1, 0.15) is 0 Å². The van der Waals surface area contributed by atoms with E-state index in [1.165, 1.54) is 0 Å². The first-order valence-electron chi connectivity index (χ1n) is 3.75. The van der Waals surface area contributed by atoms with Crippen LogP contribution >= 0.6 is 12.4 Å². The maximum Gasteiger partial charge on any atom is 0.219 e. The Kier molecular flexibility index (Phi) is 6.58. The molecule has 3 heteroatoms. The molecule has 0 radical (unpaired) electrons. The van der Waals surface area contributed by atoms with Crippen LogP contribution in [0.2, 0.25) is 0 Å². The van der Waals surface area contributed by atoms with Gasteiger partial charge in [0, 0.05) is 19.0 Å². The molecule has 0 aromatic heterocycles. The highest BCUT2D eigenvalue weighted by molar-refractivity contribution is 5.85. The maximum absolute atomic E-state index is 11.0. The zero-order valence-corrected chi connectivity index (χ0v) is 8.73. The molecule has 11 heavy (non-hydrogen) atoms. The average molecular weight is 180 g/mol. The second-order valence-corrected chi connectivity index (χ2v) is 3.11. The lowest BCUT2D eigenvalue weighted by Crippen LogP contribution is -2.40. The summed E-state index contributed by atoms with van der Waals surface area (Å²) in [5, 5.41) is 0. The maximum atomic E-state index is 11.0. The summed E-state index contributed by atoms with van der Waals surface area (Å²) >= 11 is 0. The summed E-state index contributed by atoms with van der Waals surface area (Å²) < 4.78 is 0. The van der Waals surface area contributed by atoms with Gasteiger partial charge in [-0.3, -0.25) is 4.79 Å². The van der Waals surface area contributed by atoms with Crippen LogP contribution in [0.1, 0.15) is 34.6 Å². The van der Waals surface area contributed by atoms with Gasteiger partial charge in [-0.1, -0.05) is 0 Å². The molecule has 2 nitrogen and oxygen atoms in total. The van der Waals surface area contributed by atoms with Gasteiger partial charge in [0.05, 0.1) is 0 Å². The Morgan fingerprint density at radius 1 is 1.09 bits per heavy atom. The lowest BCUT2D eigenvalue weighted by Gasteiger charge is -2.29. The first-order valence-corrected chi connectivity index (χ1v) is 3.75. The molecule has 68 valence electrons. The van der Waals surface area contributed by atoms with Crippen molar-refractivity contribution in [2.45, 2.75) is 46.7 Å². The molecular weight excluding hydrogens is 162 g/mol. The van der Waals surface area contributed by atoms with Crippen molar-refractivity contribution in [2.75, 3.05) is 0 Å². The summed E-state index contributed by atoms with van der Waals surface area (Å²) in [6.07, 6.45) is 0. The molecule has 1 amide bonds. The smallest absolute Gasteiger partial charge is 0.219 e. The van der Waals surface area contributed by atoms with Crippen molar-refractivity contribution in [3.63, 3.8) is 0 Å². The summed E-state index contributed by atoms with van der Waals surface area (Å²) in [6.45, 7) is 9.73. The minimum Gasteiger partial charge on any atom is -0.338 e. The van der Waals surface area contributed by atoms with Crippen LogP contribution in [0.5, 0.6) is 0 Å². The van der Waals surface area contributed by atoms with Crippen molar-refractivity contribution in [2.24, 2.45) is 0 Å². The fourth-order valence-electron chi connectivity index (χ4n) is 1.32. The lowest BCUT2D eigenvalue weighted by atomic mass is 10.2. The van der Waals surface area contributed by atoms with Gasteiger partial charge in [0.25, 0.3) is 0 Å². The molecule has 0 rings (SSSR count). The van der Waals surface area contributed by atoms with E-state index in [4.69, 9.17) is 0 Å². The van der Waals surface area contributed by atoms with Gasteiger partial charge in [-0.05, 0) is 27.7 Å². The van der Waals surface area contributed by atoms with Gasteiger partial charge in [0.2, 0.25) is 5.91 Å². The molecule has 0 spiro atoms. The number of rotatable bonds is 2. The van der Waals surface area contributed by atoms with Crippen LogP contribution in [-0.2, 0) is 4.79 Å². The Bertz CT molecular complexity index is 115. The first-order chi connectivity index (χ1) is 4.46. The molecule has 0 aromatic rings. The van der Waals surface area contributed by atoms with Crippen LogP contribution in [0.3, 0.4) is 0 Å². The second-order valence-electron chi connectivity index (χ2n) is 3.11. The molecule has 0 aliphatic heterocycles. The van der Waals surface area contributed by atoms with Crippen molar-refractivity contribution < 1.29 is 4.79 Å². The Morgan fingerprint density at radius 2 is 1.36 bits per heavy atom. The minimum absolute atomic E-state index is 0. The summed E-state index contributed by atoms with van der Waals surface area (Å²) in [4.78, 5) is 12.8. The van der Waals surface area contributed by atoms with Gasteiger partial charge < -0.3 is 4.90 Å². The Balaban J connectivity index is 0. The molecule has 0 unspecified atom stereocenters. The predicted molar refractivity (Wildman–Crippen MR) is 50.0 cm³/mol. The Hall–Kier alpha value is -0.240. The molecule has 0 N–H and O–H groups in total. The number of carbonyl (C=O) groups is 1. The fraction of sp³-hybridized carbons (Fsp3) is 0.875. The topological polar surface area (TPSA) is 20.3 Å². The third-order valence-corrected chi connectivity index (χ3v) is 1.48. The number of nitrogens with zero attached hydrogens (tertiary/aromatic N) is 1. The molecule has 0 saturated carbocycles. The molecule has 0 aromatic carbocycles. The van der Waals surface area contributed by atoms with E-state index in [0.717, 1.165) is 0 Å². The third kappa shape index (κ3) is 4.25. The Morgan fingerprint density at radius 3 is 1.36 bits per heavy atom.